The maximum absolute atomic E-state index is 13.0. The van der Waals surface area contributed by atoms with Gasteiger partial charge in [0.05, 0.1) is 0 Å². The third-order valence-electron chi connectivity index (χ3n) is 2.90. The molecule has 0 spiro atoms. The van der Waals surface area contributed by atoms with E-state index in [1.165, 1.54) is 42.7 Å². The summed E-state index contributed by atoms with van der Waals surface area (Å²) in [5.41, 5.74) is 2.47. The molecule has 2 amide bonds. The fourth-order valence-corrected chi connectivity index (χ4v) is 1.89. The van der Waals surface area contributed by atoms with Gasteiger partial charge in [0, 0.05) is 24.3 Å². The molecule has 3 N–H and O–H groups in total. The van der Waals surface area contributed by atoms with Crippen molar-refractivity contribution in [3.63, 3.8) is 0 Å². The van der Waals surface area contributed by atoms with E-state index < -0.39 is 5.91 Å². The molecule has 0 radical (unpaired) electrons. The summed E-state index contributed by atoms with van der Waals surface area (Å²) in [7, 11) is 0. The van der Waals surface area contributed by atoms with E-state index in [4.69, 9.17) is 9.94 Å². The third kappa shape index (κ3) is 4.92. The summed E-state index contributed by atoms with van der Waals surface area (Å²) in [5, 5.41) is 11.2. The lowest BCUT2D eigenvalue weighted by atomic mass is 10.1. The van der Waals surface area contributed by atoms with E-state index in [0.29, 0.717) is 22.7 Å². The first-order valence-corrected chi connectivity index (χ1v) is 6.95. The molecule has 0 bridgehead atoms. The molecule has 0 saturated carbocycles. The summed E-state index contributed by atoms with van der Waals surface area (Å²) in [6.45, 7) is 1.37. The van der Waals surface area contributed by atoms with Gasteiger partial charge in [-0.1, -0.05) is 0 Å². The van der Waals surface area contributed by atoms with E-state index in [1.54, 1.807) is 18.2 Å². The van der Waals surface area contributed by atoms with Crippen LogP contribution in [0.25, 0.3) is 6.08 Å². The van der Waals surface area contributed by atoms with Crippen LogP contribution in [0.2, 0.25) is 0 Å². The number of nitrogens with one attached hydrogen (secondary N) is 2. The first-order chi connectivity index (χ1) is 11.5. The van der Waals surface area contributed by atoms with Gasteiger partial charge in [0.2, 0.25) is 5.91 Å². The number of rotatable bonds is 5. The van der Waals surface area contributed by atoms with Crippen LogP contribution in [-0.4, -0.2) is 17.0 Å². The van der Waals surface area contributed by atoms with Crippen molar-refractivity contribution >= 4 is 23.6 Å². The van der Waals surface area contributed by atoms with Gasteiger partial charge in [-0.05, 0) is 48.5 Å². The predicted molar refractivity (Wildman–Crippen MR) is 86.2 cm³/mol. The highest BCUT2D eigenvalue weighted by Gasteiger charge is 2.07. The maximum atomic E-state index is 13.0. The third-order valence-corrected chi connectivity index (χ3v) is 2.90. The van der Waals surface area contributed by atoms with Crippen LogP contribution in [0.1, 0.15) is 12.5 Å². The second-order valence-corrected chi connectivity index (χ2v) is 4.80. The minimum absolute atomic E-state index is 0.245. The second kappa shape index (κ2) is 7.89. The van der Waals surface area contributed by atoms with Gasteiger partial charge in [0.15, 0.2) is 0 Å². The Morgan fingerprint density at radius 3 is 2.50 bits per heavy atom. The minimum Gasteiger partial charge on any atom is -0.457 e. The number of carbonyl (C=O) groups is 2. The Bertz CT molecular complexity index is 773. The number of benzene rings is 2. The minimum atomic E-state index is -0.715. The smallest absolute Gasteiger partial charge is 0.267 e. The number of anilines is 1. The van der Waals surface area contributed by atoms with Gasteiger partial charge in [0.1, 0.15) is 17.3 Å². The zero-order chi connectivity index (χ0) is 17.5. The highest BCUT2D eigenvalue weighted by molar-refractivity contribution is 5.92. The van der Waals surface area contributed by atoms with Gasteiger partial charge in [-0.25, -0.2) is 9.87 Å². The molecule has 2 rings (SSSR count). The van der Waals surface area contributed by atoms with Gasteiger partial charge < -0.3 is 10.1 Å². The Morgan fingerprint density at radius 1 is 1.17 bits per heavy atom. The molecule has 2 aromatic rings. The molecule has 0 atom stereocenters. The van der Waals surface area contributed by atoms with Crippen molar-refractivity contribution in [2.24, 2.45) is 0 Å². The molecular formula is C17H15FN2O4. The van der Waals surface area contributed by atoms with Crippen LogP contribution in [0.4, 0.5) is 10.1 Å². The van der Waals surface area contributed by atoms with Gasteiger partial charge in [0.25, 0.3) is 5.91 Å². The number of halogens is 1. The van der Waals surface area contributed by atoms with E-state index in [-0.39, 0.29) is 11.7 Å². The number of hydroxylamine groups is 1. The zero-order valence-corrected chi connectivity index (χ0v) is 12.7. The van der Waals surface area contributed by atoms with Crippen LogP contribution in [0.3, 0.4) is 0 Å². The molecular weight excluding hydrogens is 315 g/mol. The van der Waals surface area contributed by atoms with E-state index in [2.05, 4.69) is 5.32 Å². The molecule has 6 nitrogen and oxygen atoms in total. The molecule has 0 unspecified atom stereocenters. The Kier molecular flexibility index (Phi) is 5.64. The van der Waals surface area contributed by atoms with Gasteiger partial charge in [-0.2, -0.15) is 0 Å². The number of amides is 2. The zero-order valence-electron chi connectivity index (χ0n) is 12.7. The van der Waals surface area contributed by atoms with Gasteiger partial charge >= 0.3 is 0 Å². The first-order valence-electron chi connectivity index (χ1n) is 6.95. The van der Waals surface area contributed by atoms with Crippen molar-refractivity contribution < 1.29 is 23.9 Å². The van der Waals surface area contributed by atoms with E-state index in [0.717, 1.165) is 6.08 Å². The lowest BCUT2D eigenvalue weighted by Gasteiger charge is -2.11. The summed E-state index contributed by atoms with van der Waals surface area (Å²) in [6, 6.07) is 10.3. The first kappa shape index (κ1) is 17.2. The molecule has 0 aliphatic carbocycles. The van der Waals surface area contributed by atoms with Crippen molar-refractivity contribution in [2.75, 3.05) is 5.32 Å². The topological polar surface area (TPSA) is 87.7 Å². The molecule has 0 saturated heterocycles. The SMILES string of the molecule is CC(=O)Nc1ccc(Oc2ccc(F)cc2)c(C=CC(=O)NO)c1. The fraction of sp³-hybridized carbons (Fsp3) is 0.0588. The van der Waals surface area contributed by atoms with Crippen LogP contribution in [0.15, 0.2) is 48.5 Å². The number of hydrogen-bond acceptors (Lipinski definition) is 4. The Morgan fingerprint density at radius 2 is 1.88 bits per heavy atom. The van der Waals surface area contributed by atoms with Crippen LogP contribution in [0.5, 0.6) is 11.5 Å². The Hall–Kier alpha value is -3.19. The number of hydrogen-bond donors (Lipinski definition) is 3. The van der Waals surface area contributed by atoms with Crippen molar-refractivity contribution in [3.05, 3.63) is 59.9 Å². The lowest BCUT2D eigenvalue weighted by Crippen LogP contribution is -2.14. The highest BCUT2D eigenvalue weighted by Crippen LogP contribution is 2.29. The average molecular weight is 330 g/mol. The normalized spacial score (nSPS) is 10.5. The van der Waals surface area contributed by atoms with Crippen LogP contribution in [0, 0.1) is 5.82 Å². The Balaban J connectivity index is 2.33. The van der Waals surface area contributed by atoms with Crippen molar-refractivity contribution in [2.45, 2.75) is 6.92 Å². The van der Waals surface area contributed by atoms with E-state index >= 15 is 0 Å². The summed E-state index contributed by atoms with van der Waals surface area (Å²) in [6.07, 6.45) is 2.51. The fourth-order valence-electron chi connectivity index (χ4n) is 1.89. The Labute approximate surface area is 137 Å². The van der Waals surface area contributed by atoms with Gasteiger partial charge in [-0.3, -0.25) is 14.8 Å². The van der Waals surface area contributed by atoms with Crippen LogP contribution >= 0.6 is 0 Å². The summed E-state index contributed by atoms with van der Waals surface area (Å²) < 4.78 is 18.6. The highest BCUT2D eigenvalue weighted by atomic mass is 19.1. The molecule has 0 fully saturated rings. The summed E-state index contributed by atoms with van der Waals surface area (Å²) in [4.78, 5) is 22.3. The largest absolute Gasteiger partial charge is 0.457 e. The van der Waals surface area contributed by atoms with Crippen molar-refractivity contribution in [1.29, 1.82) is 0 Å². The lowest BCUT2D eigenvalue weighted by molar-refractivity contribution is -0.124. The average Bonchev–Trinajstić information content (AvgIpc) is 2.56. The number of carbonyl (C=O) groups excluding carboxylic acids is 2. The molecule has 2 aromatic carbocycles. The van der Waals surface area contributed by atoms with Crippen LogP contribution < -0.4 is 15.5 Å². The summed E-state index contributed by atoms with van der Waals surface area (Å²) >= 11 is 0. The summed E-state index contributed by atoms with van der Waals surface area (Å²) in [5.74, 6) is -0.552. The molecule has 124 valence electrons. The van der Waals surface area contributed by atoms with Crippen molar-refractivity contribution in [1.82, 2.24) is 5.48 Å². The van der Waals surface area contributed by atoms with Crippen LogP contribution in [-0.2, 0) is 9.59 Å². The van der Waals surface area contributed by atoms with E-state index in [1.807, 2.05) is 0 Å². The standard InChI is InChI=1S/C17H15FN2O4/c1-11(21)19-14-5-8-16(12(10-14)2-9-17(22)20-23)24-15-6-3-13(18)4-7-15/h2-10,23H,1H3,(H,19,21)(H,20,22). The van der Waals surface area contributed by atoms with Crippen molar-refractivity contribution in [3.8, 4) is 11.5 Å². The quantitative estimate of drug-likeness (QED) is 0.446. The molecule has 0 aromatic heterocycles. The predicted octanol–water partition coefficient (Wildman–Crippen LogP) is 3.10. The molecule has 0 aliphatic rings. The molecule has 24 heavy (non-hydrogen) atoms. The molecule has 0 heterocycles. The number of ether oxygens (including phenoxy) is 1. The van der Waals surface area contributed by atoms with Gasteiger partial charge in [-0.15, -0.1) is 0 Å². The monoisotopic (exact) mass is 330 g/mol. The molecule has 7 heteroatoms. The van der Waals surface area contributed by atoms with E-state index in [9.17, 15) is 14.0 Å². The second-order valence-electron chi connectivity index (χ2n) is 4.80. The maximum Gasteiger partial charge on any atom is 0.267 e. The molecule has 0 aliphatic heterocycles.